The van der Waals surface area contributed by atoms with E-state index in [2.05, 4.69) is 4.98 Å². The standard InChI is InChI=1S/C21H22FN5O/c1-26-12-19(23-13-26)20-24-18-8-4-7-17(18)21(25-20)27(2)11-16(28)10-14-5-3-6-15(22)9-14/h3,5-6,9,12-13H,4,7-8,10-11H2,1-2H3. The number of imidazole rings is 1. The third-order valence-electron chi connectivity index (χ3n) is 4.91. The number of rotatable bonds is 6. The van der Waals surface area contributed by atoms with E-state index in [0.717, 1.165) is 42.0 Å². The van der Waals surface area contributed by atoms with Gasteiger partial charge in [-0.15, -0.1) is 0 Å². The number of hydrogen-bond acceptors (Lipinski definition) is 5. The van der Waals surface area contributed by atoms with Gasteiger partial charge in [-0.25, -0.2) is 19.3 Å². The molecule has 0 saturated heterocycles. The van der Waals surface area contributed by atoms with Crippen molar-refractivity contribution in [1.82, 2.24) is 19.5 Å². The molecular formula is C21H22FN5O. The highest BCUT2D eigenvalue weighted by Gasteiger charge is 2.23. The van der Waals surface area contributed by atoms with Crippen molar-refractivity contribution in [3.05, 3.63) is 59.4 Å². The van der Waals surface area contributed by atoms with Crippen molar-refractivity contribution in [2.24, 2.45) is 7.05 Å². The predicted molar refractivity (Wildman–Crippen MR) is 105 cm³/mol. The number of hydrogen-bond donors (Lipinski definition) is 0. The summed E-state index contributed by atoms with van der Waals surface area (Å²) in [4.78, 5) is 28.2. The summed E-state index contributed by atoms with van der Waals surface area (Å²) >= 11 is 0. The maximum Gasteiger partial charge on any atom is 0.182 e. The van der Waals surface area contributed by atoms with Crippen LogP contribution in [0.3, 0.4) is 0 Å². The number of benzene rings is 1. The van der Waals surface area contributed by atoms with Crippen LogP contribution in [0.15, 0.2) is 36.8 Å². The average Bonchev–Trinajstić information content (AvgIpc) is 3.29. The largest absolute Gasteiger partial charge is 0.352 e. The summed E-state index contributed by atoms with van der Waals surface area (Å²) < 4.78 is 15.2. The van der Waals surface area contributed by atoms with Crippen LogP contribution >= 0.6 is 0 Å². The Bertz CT molecular complexity index is 1030. The van der Waals surface area contributed by atoms with E-state index in [0.29, 0.717) is 11.4 Å². The molecule has 0 fully saturated rings. The fraction of sp³-hybridized carbons (Fsp3) is 0.333. The second-order valence-corrected chi connectivity index (χ2v) is 7.28. The number of fused-ring (bicyclic) bond motifs is 1. The molecule has 0 unspecified atom stereocenters. The van der Waals surface area contributed by atoms with E-state index in [1.54, 1.807) is 18.5 Å². The summed E-state index contributed by atoms with van der Waals surface area (Å²) in [7, 11) is 3.77. The summed E-state index contributed by atoms with van der Waals surface area (Å²) in [5.74, 6) is 1.06. The van der Waals surface area contributed by atoms with Gasteiger partial charge in [0.25, 0.3) is 0 Å². The Morgan fingerprint density at radius 3 is 2.89 bits per heavy atom. The minimum absolute atomic E-state index is 0.0119. The first kappa shape index (κ1) is 18.3. The van der Waals surface area contributed by atoms with Gasteiger partial charge in [0.2, 0.25) is 0 Å². The second kappa shape index (κ2) is 7.50. The number of anilines is 1. The molecule has 28 heavy (non-hydrogen) atoms. The smallest absolute Gasteiger partial charge is 0.182 e. The molecule has 2 heterocycles. The van der Waals surface area contributed by atoms with Crippen LogP contribution in [0.2, 0.25) is 0 Å². The third kappa shape index (κ3) is 3.78. The number of aryl methyl sites for hydroxylation is 2. The van der Waals surface area contributed by atoms with Crippen molar-refractivity contribution in [3.63, 3.8) is 0 Å². The lowest BCUT2D eigenvalue weighted by atomic mass is 10.1. The van der Waals surface area contributed by atoms with Gasteiger partial charge >= 0.3 is 0 Å². The van der Waals surface area contributed by atoms with Crippen molar-refractivity contribution in [2.45, 2.75) is 25.7 Å². The van der Waals surface area contributed by atoms with Crippen molar-refractivity contribution in [2.75, 3.05) is 18.5 Å². The zero-order chi connectivity index (χ0) is 19.7. The van der Waals surface area contributed by atoms with Crippen LogP contribution in [0.1, 0.15) is 23.2 Å². The van der Waals surface area contributed by atoms with Gasteiger partial charge < -0.3 is 9.47 Å². The molecule has 6 nitrogen and oxygen atoms in total. The van der Waals surface area contributed by atoms with E-state index in [9.17, 15) is 9.18 Å². The zero-order valence-electron chi connectivity index (χ0n) is 16.0. The topological polar surface area (TPSA) is 63.9 Å². The fourth-order valence-electron chi connectivity index (χ4n) is 3.64. The molecule has 1 aliphatic rings. The molecule has 7 heteroatoms. The van der Waals surface area contributed by atoms with E-state index in [4.69, 9.17) is 9.97 Å². The van der Waals surface area contributed by atoms with Crippen molar-refractivity contribution in [1.29, 1.82) is 0 Å². The maximum atomic E-state index is 13.4. The van der Waals surface area contributed by atoms with Gasteiger partial charge in [0, 0.05) is 38.0 Å². The SMILES string of the molecule is CN(CC(=O)Cc1cccc(F)c1)c1nc(-c2cn(C)cn2)nc2c1CCC2. The molecule has 0 spiro atoms. The second-order valence-electron chi connectivity index (χ2n) is 7.28. The first-order chi connectivity index (χ1) is 13.5. The molecule has 3 aromatic rings. The first-order valence-corrected chi connectivity index (χ1v) is 9.35. The summed E-state index contributed by atoms with van der Waals surface area (Å²) in [5, 5.41) is 0. The van der Waals surface area contributed by atoms with E-state index in [-0.39, 0.29) is 24.6 Å². The molecule has 0 bridgehead atoms. The summed E-state index contributed by atoms with van der Waals surface area (Å²) in [6, 6.07) is 6.17. The Kier molecular flexibility index (Phi) is 4.90. The van der Waals surface area contributed by atoms with Gasteiger partial charge in [0.1, 0.15) is 17.3 Å². The molecule has 4 rings (SSSR count). The number of likely N-dealkylation sites (N-methyl/N-ethyl adjacent to an activating group) is 1. The Hall–Kier alpha value is -3.09. The van der Waals surface area contributed by atoms with Gasteiger partial charge in [0.15, 0.2) is 11.6 Å². The normalized spacial score (nSPS) is 12.8. The van der Waals surface area contributed by atoms with E-state index < -0.39 is 0 Å². The number of Topliss-reactive ketones (excluding diaryl/α,β-unsaturated/α-hetero) is 1. The van der Waals surface area contributed by atoms with Gasteiger partial charge in [-0.3, -0.25) is 4.79 Å². The number of ketones is 1. The monoisotopic (exact) mass is 379 g/mol. The highest BCUT2D eigenvalue weighted by atomic mass is 19.1. The quantitative estimate of drug-likeness (QED) is 0.659. The van der Waals surface area contributed by atoms with Crippen LogP contribution < -0.4 is 4.90 Å². The van der Waals surface area contributed by atoms with Crippen LogP contribution in [0.5, 0.6) is 0 Å². The Labute approximate surface area is 163 Å². The van der Waals surface area contributed by atoms with E-state index >= 15 is 0 Å². The Morgan fingerprint density at radius 2 is 2.14 bits per heavy atom. The number of nitrogens with zero attached hydrogens (tertiary/aromatic N) is 5. The van der Waals surface area contributed by atoms with Gasteiger partial charge in [0.05, 0.1) is 12.9 Å². The van der Waals surface area contributed by atoms with Crippen LogP contribution in [0.4, 0.5) is 10.2 Å². The lowest BCUT2D eigenvalue weighted by molar-refractivity contribution is -0.117. The maximum absolute atomic E-state index is 13.4. The minimum atomic E-state index is -0.327. The predicted octanol–water partition coefficient (Wildman–Crippen LogP) is 2.75. The third-order valence-corrected chi connectivity index (χ3v) is 4.91. The van der Waals surface area contributed by atoms with Crippen LogP contribution in [-0.2, 0) is 31.1 Å². The summed E-state index contributed by atoms with van der Waals surface area (Å²) in [6.45, 7) is 0.210. The molecule has 0 amide bonds. The molecule has 1 aliphatic carbocycles. The molecule has 0 N–H and O–H groups in total. The average molecular weight is 379 g/mol. The summed E-state index contributed by atoms with van der Waals surface area (Å²) in [6.07, 6.45) is 6.66. The highest BCUT2D eigenvalue weighted by molar-refractivity contribution is 5.85. The number of halogens is 1. The van der Waals surface area contributed by atoms with Gasteiger partial charge in [-0.05, 0) is 37.0 Å². The van der Waals surface area contributed by atoms with Crippen molar-refractivity contribution < 1.29 is 9.18 Å². The van der Waals surface area contributed by atoms with Gasteiger partial charge in [-0.2, -0.15) is 0 Å². The van der Waals surface area contributed by atoms with Crippen LogP contribution in [-0.4, -0.2) is 38.9 Å². The number of carbonyl (C=O) groups is 1. The number of aromatic nitrogens is 4. The molecule has 144 valence electrons. The number of carbonyl (C=O) groups excluding carboxylic acids is 1. The first-order valence-electron chi connectivity index (χ1n) is 9.35. The molecule has 0 radical (unpaired) electrons. The fourth-order valence-corrected chi connectivity index (χ4v) is 3.64. The van der Waals surface area contributed by atoms with Crippen molar-refractivity contribution in [3.8, 4) is 11.5 Å². The highest BCUT2D eigenvalue weighted by Crippen LogP contribution is 2.30. The Morgan fingerprint density at radius 1 is 1.29 bits per heavy atom. The lowest BCUT2D eigenvalue weighted by Gasteiger charge is -2.21. The van der Waals surface area contributed by atoms with Gasteiger partial charge in [-0.1, -0.05) is 12.1 Å². The molecule has 2 aromatic heterocycles. The zero-order valence-corrected chi connectivity index (χ0v) is 16.0. The molecule has 1 aromatic carbocycles. The van der Waals surface area contributed by atoms with Crippen molar-refractivity contribution >= 4 is 11.6 Å². The van der Waals surface area contributed by atoms with E-state index in [1.807, 2.05) is 29.8 Å². The van der Waals surface area contributed by atoms with Crippen LogP contribution in [0.25, 0.3) is 11.5 Å². The van der Waals surface area contributed by atoms with E-state index in [1.165, 1.54) is 12.1 Å². The lowest BCUT2D eigenvalue weighted by Crippen LogP contribution is -2.28. The Balaban J connectivity index is 1.57. The minimum Gasteiger partial charge on any atom is -0.352 e. The molecular weight excluding hydrogens is 357 g/mol. The molecule has 0 aliphatic heterocycles. The molecule has 0 saturated carbocycles. The van der Waals surface area contributed by atoms with Crippen LogP contribution in [0, 0.1) is 5.82 Å². The molecule has 0 atom stereocenters. The summed E-state index contributed by atoms with van der Waals surface area (Å²) in [5.41, 5.74) is 3.55.